The minimum absolute atomic E-state index is 0.106. The monoisotopic (exact) mass is 230 g/mol. The summed E-state index contributed by atoms with van der Waals surface area (Å²) in [7, 11) is 2.18. The van der Waals surface area contributed by atoms with Crippen LogP contribution < -0.4 is 5.32 Å². The van der Waals surface area contributed by atoms with Crippen LogP contribution in [0.4, 0.5) is 0 Å². The minimum atomic E-state index is -0.106. The van der Waals surface area contributed by atoms with E-state index in [1.807, 2.05) is 0 Å². The summed E-state index contributed by atoms with van der Waals surface area (Å²) < 4.78 is 0. The molecule has 0 radical (unpaired) electrons. The van der Waals surface area contributed by atoms with Crippen LogP contribution in [0.15, 0.2) is 0 Å². The number of hydrogen-bond donors (Lipinski definition) is 2. The molecule has 3 heteroatoms. The lowest BCUT2D eigenvalue weighted by Crippen LogP contribution is -2.46. The Bertz CT molecular complexity index is 175. The molecule has 0 aromatic heterocycles. The first-order chi connectivity index (χ1) is 7.49. The predicted octanol–water partition coefficient (Wildman–Crippen LogP) is 1.86. The van der Waals surface area contributed by atoms with Gasteiger partial charge in [0.15, 0.2) is 0 Å². The summed E-state index contributed by atoms with van der Waals surface area (Å²) in [5, 5.41) is 12.7. The molecule has 0 heterocycles. The van der Waals surface area contributed by atoms with Crippen molar-refractivity contribution in [1.29, 1.82) is 0 Å². The Hall–Kier alpha value is -0.120. The van der Waals surface area contributed by atoms with E-state index >= 15 is 0 Å². The highest BCUT2D eigenvalue weighted by atomic mass is 16.3. The number of hydrogen-bond acceptors (Lipinski definition) is 3. The van der Waals surface area contributed by atoms with Crippen molar-refractivity contribution < 1.29 is 5.11 Å². The number of nitrogens with zero attached hydrogens (tertiary/aromatic N) is 1. The third kappa shape index (κ3) is 5.83. The van der Waals surface area contributed by atoms with Crippen molar-refractivity contribution >= 4 is 0 Å². The number of nitrogens with one attached hydrogen (secondary N) is 1. The molecule has 2 N–H and O–H groups in total. The molecule has 2 atom stereocenters. The van der Waals surface area contributed by atoms with Crippen molar-refractivity contribution in [1.82, 2.24) is 10.2 Å². The van der Waals surface area contributed by atoms with Gasteiger partial charge in [-0.3, -0.25) is 0 Å². The van der Waals surface area contributed by atoms with Gasteiger partial charge in [0.25, 0.3) is 0 Å². The number of likely N-dealkylation sites (N-methyl/N-ethyl adjacent to an activating group) is 1. The zero-order chi connectivity index (χ0) is 12.6. The highest BCUT2D eigenvalue weighted by Crippen LogP contribution is 2.12. The fourth-order valence-electron chi connectivity index (χ4n) is 1.90. The molecule has 0 aliphatic rings. The van der Waals surface area contributed by atoms with Crippen molar-refractivity contribution in [2.45, 2.75) is 58.5 Å². The maximum atomic E-state index is 9.36. The van der Waals surface area contributed by atoms with Crippen LogP contribution in [0.25, 0.3) is 0 Å². The summed E-state index contributed by atoms with van der Waals surface area (Å²) in [5.74, 6) is 0. The Morgan fingerprint density at radius 3 is 2.44 bits per heavy atom. The van der Waals surface area contributed by atoms with Crippen LogP contribution in [0.1, 0.15) is 47.0 Å². The predicted molar refractivity (Wildman–Crippen MR) is 70.8 cm³/mol. The summed E-state index contributed by atoms with van der Waals surface area (Å²) in [6.07, 6.45) is 3.35. The highest BCUT2D eigenvalue weighted by Gasteiger charge is 2.21. The topological polar surface area (TPSA) is 35.5 Å². The van der Waals surface area contributed by atoms with Gasteiger partial charge in [0.1, 0.15) is 0 Å². The summed E-state index contributed by atoms with van der Waals surface area (Å²) in [6.45, 7) is 10.9. The SMILES string of the molecule is CCNC(C)(CO)CCCN(C)C(C)CC. The third-order valence-corrected chi connectivity index (χ3v) is 3.54. The van der Waals surface area contributed by atoms with E-state index in [1.54, 1.807) is 0 Å². The molecule has 2 unspecified atom stereocenters. The zero-order valence-corrected chi connectivity index (χ0v) is 11.7. The summed E-state index contributed by atoms with van der Waals surface area (Å²) >= 11 is 0. The molecular weight excluding hydrogens is 200 g/mol. The summed E-state index contributed by atoms with van der Waals surface area (Å²) in [6, 6.07) is 0.652. The molecule has 0 spiro atoms. The highest BCUT2D eigenvalue weighted by molar-refractivity contribution is 4.82. The average Bonchev–Trinajstić information content (AvgIpc) is 2.28. The van der Waals surface area contributed by atoms with E-state index in [4.69, 9.17) is 0 Å². The lowest BCUT2D eigenvalue weighted by Gasteiger charge is -2.30. The van der Waals surface area contributed by atoms with E-state index in [0.29, 0.717) is 6.04 Å². The largest absolute Gasteiger partial charge is 0.394 e. The molecule has 16 heavy (non-hydrogen) atoms. The van der Waals surface area contributed by atoms with Gasteiger partial charge in [-0.2, -0.15) is 0 Å². The minimum Gasteiger partial charge on any atom is -0.394 e. The molecule has 0 rings (SSSR count). The van der Waals surface area contributed by atoms with Gasteiger partial charge in [0.2, 0.25) is 0 Å². The Morgan fingerprint density at radius 1 is 1.38 bits per heavy atom. The molecule has 0 aliphatic carbocycles. The first kappa shape index (κ1) is 15.9. The molecule has 3 nitrogen and oxygen atoms in total. The second-order valence-electron chi connectivity index (χ2n) is 5.09. The third-order valence-electron chi connectivity index (χ3n) is 3.54. The van der Waals surface area contributed by atoms with Gasteiger partial charge in [0.05, 0.1) is 6.61 Å². The molecule has 0 bridgehead atoms. The normalized spacial score (nSPS) is 17.4. The molecule has 0 aromatic carbocycles. The van der Waals surface area contributed by atoms with E-state index in [1.165, 1.54) is 6.42 Å². The molecule has 0 amide bonds. The second kappa shape index (κ2) is 8.04. The fourth-order valence-corrected chi connectivity index (χ4v) is 1.90. The molecule has 0 aromatic rings. The second-order valence-corrected chi connectivity index (χ2v) is 5.09. The first-order valence-corrected chi connectivity index (χ1v) is 6.55. The van der Waals surface area contributed by atoms with Crippen LogP contribution in [-0.2, 0) is 0 Å². The van der Waals surface area contributed by atoms with Gasteiger partial charge in [0, 0.05) is 11.6 Å². The van der Waals surface area contributed by atoms with E-state index < -0.39 is 0 Å². The van der Waals surface area contributed by atoms with Gasteiger partial charge in [-0.05, 0) is 53.2 Å². The zero-order valence-electron chi connectivity index (χ0n) is 11.7. The summed E-state index contributed by atoms with van der Waals surface area (Å²) in [5.41, 5.74) is -0.106. The molecule has 98 valence electrons. The maximum Gasteiger partial charge on any atom is 0.0610 e. The molecule has 0 saturated heterocycles. The molecule has 0 fully saturated rings. The Morgan fingerprint density at radius 2 is 2.00 bits per heavy atom. The smallest absolute Gasteiger partial charge is 0.0610 e. The van der Waals surface area contributed by atoms with Gasteiger partial charge in [-0.1, -0.05) is 13.8 Å². The van der Waals surface area contributed by atoms with Gasteiger partial charge in [-0.25, -0.2) is 0 Å². The van der Waals surface area contributed by atoms with Crippen molar-refractivity contribution in [2.75, 3.05) is 26.7 Å². The Labute approximate surface area is 101 Å². The fraction of sp³-hybridized carbons (Fsp3) is 1.00. The van der Waals surface area contributed by atoms with Crippen molar-refractivity contribution in [2.24, 2.45) is 0 Å². The van der Waals surface area contributed by atoms with Crippen molar-refractivity contribution in [3.8, 4) is 0 Å². The molecule has 0 aliphatic heterocycles. The van der Waals surface area contributed by atoms with Gasteiger partial charge < -0.3 is 15.3 Å². The van der Waals surface area contributed by atoms with Gasteiger partial charge >= 0.3 is 0 Å². The quantitative estimate of drug-likeness (QED) is 0.634. The standard InChI is InChI=1S/C13H30N2O/c1-6-12(3)15(5)10-8-9-13(4,11-16)14-7-2/h12,14,16H,6-11H2,1-5H3. The number of aliphatic hydroxyl groups excluding tert-OH is 1. The van der Waals surface area contributed by atoms with Crippen molar-refractivity contribution in [3.63, 3.8) is 0 Å². The molecular formula is C13H30N2O. The van der Waals surface area contributed by atoms with Crippen LogP contribution in [-0.4, -0.2) is 48.3 Å². The van der Waals surface area contributed by atoms with Crippen LogP contribution in [0.3, 0.4) is 0 Å². The number of rotatable bonds is 9. The van der Waals surface area contributed by atoms with Crippen LogP contribution in [0.2, 0.25) is 0 Å². The Kier molecular flexibility index (Phi) is 7.98. The van der Waals surface area contributed by atoms with E-state index in [9.17, 15) is 5.11 Å². The van der Waals surface area contributed by atoms with Crippen molar-refractivity contribution in [3.05, 3.63) is 0 Å². The lowest BCUT2D eigenvalue weighted by molar-refractivity contribution is 0.156. The molecule has 0 saturated carbocycles. The van der Waals surface area contributed by atoms with Crippen LogP contribution in [0, 0.1) is 0 Å². The average molecular weight is 230 g/mol. The van der Waals surface area contributed by atoms with Gasteiger partial charge in [-0.15, -0.1) is 0 Å². The van der Waals surface area contributed by atoms with E-state index in [-0.39, 0.29) is 12.1 Å². The summed E-state index contributed by atoms with van der Waals surface area (Å²) in [4.78, 5) is 2.39. The first-order valence-electron chi connectivity index (χ1n) is 6.55. The number of aliphatic hydroxyl groups is 1. The van der Waals surface area contributed by atoms with Crippen LogP contribution in [0.5, 0.6) is 0 Å². The Balaban J connectivity index is 3.86. The maximum absolute atomic E-state index is 9.36. The van der Waals surface area contributed by atoms with Crippen LogP contribution >= 0.6 is 0 Å². The lowest BCUT2D eigenvalue weighted by atomic mass is 9.96. The van der Waals surface area contributed by atoms with E-state index in [2.05, 4.69) is 45.0 Å². The van der Waals surface area contributed by atoms with E-state index in [0.717, 1.165) is 25.9 Å².